The van der Waals surface area contributed by atoms with Crippen molar-refractivity contribution in [3.8, 4) is 0 Å². The van der Waals surface area contributed by atoms with Crippen LogP contribution in [0.5, 0.6) is 0 Å². The third kappa shape index (κ3) is 6.70. The summed E-state index contributed by atoms with van der Waals surface area (Å²) in [6, 6.07) is 12.0. The van der Waals surface area contributed by atoms with Gasteiger partial charge in [0.15, 0.2) is 0 Å². The predicted octanol–water partition coefficient (Wildman–Crippen LogP) is 4.15. The van der Waals surface area contributed by atoms with Crippen molar-refractivity contribution in [1.82, 2.24) is 5.32 Å². The fourth-order valence-electron chi connectivity index (χ4n) is 2.45. The van der Waals surface area contributed by atoms with Crippen LogP contribution in [0.1, 0.15) is 42.1 Å². The number of nitrogens with one attached hydrogen (secondary N) is 3. The topological polar surface area (TPSA) is 87.3 Å². The number of amides is 3. The van der Waals surface area contributed by atoms with E-state index >= 15 is 0 Å². The zero-order chi connectivity index (χ0) is 20.5. The van der Waals surface area contributed by atoms with E-state index in [0.29, 0.717) is 41.3 Å². The van der Waals surface area contributed by atoms with Crippen LogP contribution in [0.15, 0.2) is 42.5 Å². The van der Waals surface area contributed by atoms with E-state index < -0.39 is 0 Å². The lowest BCUT2D eigenvalue weighted by molar-refractivity contribution is -0.116. The normalized spacial score (nSPS) is 10.2. The molecule has 28 heavy (non-hydrogen) atoms. The van der Waals surface area contributed by atoms with Crippen LogP contribution in [-0.2, 0) is 9.59 Å². The van der Waals surface area contributed by atoms with Crippen molar-refractivity contribution in [3.63, 3.8) is 0 Å². The molecule has 0 bridgehead atoms. The molecule has 0 spiro atoms. The highest BCUT2D eigenvalue weighted by atomic mass is 35.5. The maximum Gasteiger partial charge on any atom is 0.251 e. The van der Waals surface area contributed by atoms with Crippen molar-refractivity contribution in [2.45, 2.75) is 33.1 Å². The van der Waals surface area contributed by atoms with Crippen LogP contribution in [0.2, 0.25) is 5.02 Å². The number of halogens is 1. The average Bonchev–Trinajstić information content (AvgIpc) is 2.68. The van der Waals surface area contributed by atoms with Gasteiger partial charge in [-0.1, -0.05) is 24.6 Å². The monoisotopic (exact) mass is 401 g/mol. The number of benzene rings is 2. The van der Waals surface area contributed by atoms with Crippen LogP contribution in [-0.4, -0.2) is 24.3 Å². The number of aryl methyl sites for hydroxylation is 1. The summed E-state index contributed by atoms with van der Waals surface area (Å²) in [4.78, 5) is 35.7. The van der Waals surface area contributed by atoms with E-state index in [-0.39, 0.29) is 24.1 Å². The molecule has 0 radical (unpaired) electrons. The van der Waals surface area contributed by atoms with Crippen LogP contribution in [0, 0.1) is 6.92 Å². The summed E-state index contributed by atoms with van der Waals surface area (Å²) >= 11 is 5.80. The second-order valence-electron chi connectivity index (χ2n) is 6.35. The molecule has 0 heterocycles. The maximum atomic E-state index is 12.2. The van der Waals surface area contributed by atoms with E-state index in [0.717, 1.165) is 5.56 Å². The van der Waals surface area contributed by atoms with Crippen LogP contribution < -0.4 is 16.0 Å². The van der Waals surface area contributed by atoms with E-state index in [9.17, 15) is 14.4 Å². The van der Waals surface area contributed by atoms with Crippen LogP contribution in [0.4, 0.5) is 11.4 Å². The molecular formula is C21H24ClN3O3. The largest absolute Gasteiger partial charge is 0.352 e. The molecule has 0 fully saturated rings. The van der Waals surface area contributed by atoms with Gasteiger partial charge in [-0.3, -0.25) is 14.4 Å². The zero-order valence-corrected chi connectivity index (χ0v) is 16.7. The van der Waals surface area contributed by atoms with Crippen LogP contribution >= 0.6 is 11.6 Å². The summed E-state index contributed by atoms with van der Waals surface area (Å²) in [5, 5.41) is 8.97. The molecule has 3 N–H and O–H groups in total. The third-order valence-electron chi connectivity index (χ3n) is 4.09. The molecule has 0 saturated carbocycles. The number of rotatable bonds is 8. The number of hydrogen-bond acceptors (Lipinski definition) is 3. The van der Waals surface area contributed by atoms with E-state index in [2.05, 4.69) is 16.0 Å². The minimum absolute atomic E-state index is 0.0856. The minimum atomic E-state index is -0.202. The molecule has 6 nitrogen and oxygen atoms in total. The lowest BCUT2D eigenvalue weighted by Crippen LogP contribution is -2.25. The van der Waals surface area contributed by atoms with Crippen molar-refractivity contribution in [2.75, 3.05) is 17.2 Å². The summed E-state index contributed by atoms with van der Waals surface area (Å²) in [7, 11) is 0. The van der Waals surface area contributed by atoms with Gasteiger partial charge in [0, 0.05) is 41.3 Å². The van der Waals surface area contributed by atoms with Crippen molar-refractivity contribution in [3.05, 3.63) is 58.6 Å². The SMILES string of the molecule is CCC(=O)Nc1ccc(C)c(NC(=O)CCCNC(=O)c2ccc(Cl)cc2)c1. The van der Waals surface area contributed by atoms with Gasteiger partial charge in [0.05, 0.1) is 0 Å². The number of carbonyl (C=O) groups excluding carboxylic acids is 3. The van der Waals surface area contributed by atoms with Gasteiger partial charge in [0.25, 0.3) is 5.91 Å². The van der Waals surface area contributed by atoms with Gasteiger partial charge in [-0.05, 0) is 55.3 Å². The molecule has 0 aliphatic rings. The van der Waals surface area contributed by atoms with Crippen molar-refractivity contribution in [2.24, 2.45) is 0 Å². The van der Waals surface area contributed by atoms with E-state index in [1.165, 1.54) is 0 Å². The van der Waals surface area contributed by atoms with Crippen LogP contribution in [0.25, 0.3) is 0 Å². The lowest BCUT2D eigenvalue weighted by atomic mass is 10.1. The maximum absolute atomic E-state index is 12.2. The lowest BCUT2D eigenvalue weighted by Gasteiger charge is -2.11. The van der Waals surface area contributed by atoms with Crippen molar-refractivity contribution >= 4 is 40.7 Å². The predicted molar refractivity (Wildman–Crippen MR) is 112 cm³/mol. The molecule has 2 aromatic rings. The quantitative estimate of drug-likeness (QED) is 0.581. The van der Waals surface area contributed by atoms with Gasteiger partial charge in [-0.15, -0.1) is 0 Å². The first-order valence-corrected chi connectivity index (χ1v) is 9.51. The number of anilines is 2. The Morgan fingerprint density at radius 3 is 2.36 bits per heavy atom. The zero-order valence-electron chi connectivity index (χ0n) is 16.0. The fraction of sp³-hybridized carbons (Fsp3) is 0.286. The summed E-state index contributed by atoms with van der Waals surface area (Å²) < 4.78 is 0. The Balaban J connectivity index is 1.79. The second-order valence-corrected chi connectivity index (χ2v) is 6.78. The molecule has 2 rings (SSSR count). The van der Waals surface area contributed by atoms with Gasteiger partial charge >= 0.3 is 0 Å². The molecule has 2 aromatic carbocycles. The molecule has 0 aliphatic carbocycles. The van der Waals surface area contributed by atoms with E-state index in [1.54, 1.807) is 43.3 Å². The molecule has 0 aromatic heterocycles. The fourth-order valence-corrected chi connectivity index (χ4v) is 2.58. The van der Waals surface area contributed by atoms with Gasteiger partial charge in [0.1, 0.15) is 0 Å². The van der Waals surface area contributed by atoms with Gasteiger partial charge in [0.2, 0.25) is 11.8 Å². The Kier molecular flexibility index (Phi) is 8.02. The molecule has 148 valence electrons. The summed E-state index contributed by atoms with van der Waals surface area (Å²) in [5.74, 6) is -0.437. The van der Waals surface area contributed by atoms with Gasteiger partial charge < -0.3 is 16.0 Å². The average molecular weight is 402 g/mol. The van der Waals surface area contributed by atoms with E-state index in [1.807, 2.05) is 13.0 Å². The highest BCUT2D eigenvalue weighted by molar-refractivity contribution is 6.30. The second kappa shape index (κ2) is 10.5. The first kappa shape index (κ1) is 21.4. The Hall–Kier alpha value is -2.86. The smallest absolute Gasteiger partial charge is 0.251 e. The van der Waals surface area contributed by atoms with Gasteiger partial charge in [-0.25, -0.2) is 0 Å². The highest BCUT2D eigenvalue weighted by Crippen LogP contribution is 2.21. The number of hydrogen-bond donors (Lipinski definition) is 3. The molecule has 0 saturated heterocycles. The molecule has 0 atom stereocenters. The van der Waals surface area contributed by atoms with E-state index in [4.69, 9.17) is 11.6 Å². The molecule has 7 heteroatoms. The standard InChI is InChI=1S/C21H24ClN3O3/c1-3-19(26)24-17-11-6-14(2)18(13-17)25-20(27)5-4-12-23-21(28)15-7-9-16(22)10-8-15/h6-11,13H,3-5,12H2,1-2H3,(H,23,28)(H,24,26)(H,25,27). The highest BCUT2D eigenvalue weighted by Gasteiger charge is 2.08. The van der Waals surface area contributed by atoms with Gasteiger partial charge in [-0.2, -0.15) is 0 Å². The van der Waals surface area contributed by atoms with Crippen molar-refractivity contribution < 1.29 is 14.4 Å². The Morgan fingerprint density at radius 2 is 1.68 bits per heavy atom. The first-order valence-electron chi connectivity index (χ1n) is 9.13. The Labute approximate surface area is 169 Å². The minimum Gasteiger partial charge on any atom is -0.352 e. The first-order chi connectivity index (χ1) is 13.4. The Morgan fingerprint density at radius 1 is 0.964 bits per heavy atom. The Bertz CT molecular complexity index is 850. The summed E-state index contributed by atoms with van der Waals surface area (Å²) in [5.41, 5.74) is 2.72. The third-order valence-corrected chi connectivity index (χ3v) is 4.34. The molecule has 0 aliphatic heterocycles. The van der Waals surface area contributed by atoms with Crippen molar-refractivity contribution in [1.29, 1.82) is 0 Å². The van der Waals surface area contributed by atoms with Crippen LogP contribution in [0.3, 0.4) is 0 Å². The molecule has 3 amide bonds. The summed E-state index contributed by atoms with van der Waals surface area (Å²) in [6.45, 7) is 4.05. The molecular weight excluding hydrogens is 378 g/mol. The number of carbonyl (C=O) groups is 3. The summed E-state index contributed by atoms with van der Waals surface area (Å²) in [6.07, 6.45) is 1.17. The molecule has 0 unspecified atom stereocenters.